The third kappa shape index (κ3) is 1.75. The van der Waals surface area contributed by atoms with Gasteiger partial charge < -0.3 is 11.1 Å². The minimum Gasteiger partial charge on any atom is -0.347 e. The number of carbonyl (C=O) groups excluding carboxylic acids is 1. The van der Waals surface area contributed by atoms with Crippen LogP contribution in [0.15, 0.2) is 6.20 Å². The van der Waals surface area contributed by atoms with E-state index in [9.17, 15) is 4.79 Å². The maximum atomic E-state index is 11.9. The molecule has 3 N–H and O–H groups in total. The Kier molecular flexibility index (Phi) is 2.74. The van der Waals surface area contributed by atoms with Crippen LogP contribution >= 0.6 is 11.7 Å². The summed E-state index contributed by atoms with van der Waals surface area (Å²) in [4.78, 5) is 11.9. The maximum absolute atomic E-state index is 11.9. The van der Waals surface area contributed by atoms with Gasteiger partial charge in [0.25, 0.3) is 5.91 Å². The van der Waals surface area contributed by atoms with E-state index < -0.39 is 0 Å². The molecule has 0 saturated heterocycles. The summed E-state index contributed by atoms with van der Waals surface area (Å²) in [5.41, 5.74) is 6.33. The average Bonchev–Trinajstić information content (AvgIpc) is 2.77. The Morgan fingerprint density at radius 1 is 1.41 bits per heavy atom. The Hall–Kier alpha value is -1.01. The van der Waals surface area contributed by atoms with E-state index in [1.54, 1.807) is 0 Å². The fraction of sp³-hybridized carbons (Fsp3) is 0.727. The standard InChI is InChI=1S/C11H18N4OS/c1-10(2)8(12)11(3,4)9(10)14-7(16)6-5-13-17-15-6/h5,8-9H,12H2,1-4H3,(H,14,16). The highest BCUT2D eigenvalue weighted by Crippen LogP contribution is 2.52. The SMILES string of the molecule is CC1(C)C(N)C(C)(C)C1NC(=O)c1cnsn1. The predicted molar refractivity (Wildman–Crippen MR) is 66.7 cm³/mol. The summed E-state index contributed by atoms with van der Waals surface area (Å²) in [6, 6.07) is 0.132. The molecule has 1 aromatic heterocycles. The fourth-order valence-electron chi connectivity index (χ4n) is 3.02. The lowest BCUT2D eigenvalue weighted by molar-refractivity contribution is -0.0664. The lowest BCUT2D eigenvalue weighted by atomic mass is 9.48. The van der Waals surface area contributed by atoms with Crippen LogP contribution in [-0.4, -0.2) is 26.7 Å². The number of hydrogen-bond donors (Lipinski definition) is 2. The van der Waals surface area contributed by atoms with Gasteiger partial charge in [-0.3, -0.25) is 4.79 Å². The molecule has 0 unspecified atom stereocenters. The molecule has 2 rings (SSSR count). The van der Waals surface area contributed by atoms with Crippen molar-refractivity contribution >= 4 is 17.6 Å². The van der Waals surface area contributed by atoms with Crippen LogP contribution in [0.3, 0.4) is 0 Å². The van der Waals surface area contributed by atoms with Gasteiger partial charge >= 0.3 is 0 Å². The summed E-state index contributed by atoms with van der Waals surface area (Å²) in [6.07, 6.45) is 1.48. The zero-order valence-corrected chi connectivity index (χ0v) is 11.3. The first-order valence-electron chi connectivity index (χ1n) is 5.62. The van der Waals surface area contributed by atoms with Gasteiger partial charge in [-0.05, 0) is 0 Å². The molecular weight excluding hydrogens is 236 g/mol. The summed E-state index contributed by atoms with van der Waals surface area (Å²) in [7, 11) is 0. The van der Waals surface area contributed by atoms with Gasteiger partial charge in [0.2, 0.25) is 0 Å². The summed E-state index contributed by atoms with van der Waals surface area (Å²) >= 11 is 1.04. The van der Waals surface area contributed by atoms with Gasteiger partial charge in [-0.1, -0.05) is 27.7 Å². The molecule has 94 valence electrons. The highest BCUT2D eigenvalue weighted by Gasteiger charge is 2.60. The van der Waals surface area contributed by atoms with E-state index in [0.717, 1.165) is 11.7 Å². The highest BCUT2D eigenvalue weighted by molar-refractivity contribution is 6.99. The topological polar surface area (TPSA) is 80.9 Å². The minimum absolute atomic E-state index is 0.0548. The van der Waals surface area contributed by atoms with Gasteiger partial charge in [-0.25, -0.2) is 0 Å². The third-order valence-electron chi connectivity index (χ3n) is 3.96. The molecule has 1 heterocycles. The number of rotatable bonds is 2. The molecule has 1 fully saturated rings. The number of carbonyl (C=O) groups is 1. The third-order valence-corrected chi connectivity index (χ3v) is 4.44. The van der Waals surface area contributed by atoms with Gasteiger partial charge in [0.15, 0.2) is 5.69 Å². The second-order valence-corrected chi connectivity index (χ2v) is 6.38. The summed E-state index contributed by atoms with van der Waals surface area (Å²) in [6.45, 7) is 8.31. The summed E-state index contributed by atoms with van der Waals surface area (Å²) in [5, 5.41) is 3.01. The number of amides is 1. The van der Waals surface area contributed by atoms with Gasteiger partial charge in [0.05, 0.1) is 17.9 Å². The fourth-order valence-corrected chi connectivity index (χ4v) is 3.43. The molecule has 5 nitrogen and oxygen atoms in total. The molecule has 0 spiro atoms. The van der Waals surface area contributed by atoms with Crippen LogP contribution in [-0.2, 0) is 0 Å². The Balaban J connectivity index is 2.12. The first-order chi connectivity index (χ1) is 7.78. The van der Waals surface area contributed by atoms with E-state index in [-0.39, 0.29) is 28.8 Å². The molecule has 1 aliphatic rings. The van der Waals surface area contributed by atoms with E-state index in [2.05, 4.69) is 41.8 Å². The molecular formula is C11H18N4OS. The highest BCUT2D eigenvalue weighted by atomic mass is 32.1. The van der Waals surface area contributed by atoms with Gasteiger partial charge in [-0.15, -0.1) is 0 Å². The van der Waals surface area contributed by atoms with Crippen molar-refractivity contribution in [1.82, 2.24) is 14.1 Å². The van der Waals surface area contributed by atoms with E-state index in [0.29, 0.717) is 5.69 Å². The Labute approximate surface area is 105 Å². The van der Waals surface area contributed by atoms with Crippen molar-refractivity contribution in [2.45, 2.75) is 39.8 Å². The van der Waals surface area contributed by atoms with Crippen LogP contribution in [0.2, 0.25) is 0 Å². The Morgan fingerprint density at radius 3 is 2.47 bits per heavy atom. The Bertz CT molecular complexity index is 411. The number of nitrogens with zero attached hydrogens (tertiary/aromatic N) is 2. The number of nitrogens with one attached hydrogen (secondary N) is 1. The van der Waals surface area contributed by atoms with Crippen LogP contribution < -0.4 is 11.1 Å². The molecule has 0 bridgehead atoms. The average molecular weight is 254 g/mol. The lowest BCUT2D eigenvalue weighted by Gasteiger charge is -2.62. The van der Waals surface area contributed by atoms with Gasteiger partial charge in [0, 0.05) is 22.9 Å². The number of nitrogens with two attached hydrogens (primary N) is 1. The number of hydrogen-bond acceptors (Lipinski definition) is 5. The molecule has 0 atom stereocenters. The van der Waals surface area contributed by atoms with Gasteiger partial charge in [0.1, 0.15) is 0 Å². The monoisotopic (exact) mass is 254 g/mol. The maximum Gasteiger partial charge on any atom is 0.272 e. The molecule has 17 heavy (non-hydrogen) atoms. The van der Waals surface area contributed by atoms with E-state index in [4.69, 9.17) is 5.73 Å². The number of aromatic nitrogens is 2. The first kappa shape index (κ1) is 12.4. The summed E-state index contributed by atoms with van der Waals surface area (Å²) < 4.78 is 7.76. The smallest absolute Gasteiger partial charge is 0.272 e. The Morgan fingerprint density at radius 2 is 2.00 bits per heavy atom. The second-order valence-electron chi connectivity index (χ2n) is 5.82. The molecule has 1 aliphatic carbocycles. The van der Waals surface area contributed by atoms with Crippen LogP contribution in [0.25, 0.3) is 0 Å². The molecule has 0 aromatic carbocycles. The zero-order valence-electron chi connectivity index (χ0n) is 10.5. The van der Waals surface area contributed by atoms with Crippen LogP contribution in [0, 0.1) is 10.8 Å². The normalized spacial score (nSPS) is 29.5. The molecule has 1 saturated carbocycles. The largest absolute Gasteiger partial charge is 0.347 e. The van der Waals surface area contributed by atoms with Crippen molar-refractivity contribution in [3.63, 3.8) is 0 Å². The van der Waals surface area contributed by atoms with Crippen molar-refractivity contribution in [3.8, 4) is 0 Å². The van der Waals surface area contributed by atoms with Crippen molar-refractivity contribution in [1.29, 1.82) is 0 Å². The van der Waals surface area contributed by atoms with Gasteiger partial charge in [-0.2, -0.15) is 8.75 Å². The van der Waals surface area contributed by atoms with E-state index in [1.165, 1.54) is 6.20 Å². The lowest BCUT2D eigenvalue weighted by Crippen LogP contribution is -2.76. The second kappa shape index (κ2) is 3.74. The first-order valence-corrected chi connectivity index (χ1v) is 6.35. The van der Waals surface area contributed by atoms with Crippen LogP contribution in [0.1, 0.15) is 38.2 Å². The quantitative estimate of drug-likeness (QED) is 0.826. The van der Waals surface area contributed by atoms with E-state index in [1.807, 2.05) is 0 Å². The van der Waals surface area contributed by atoms with Crippen molar-refractivity contribution in [3.05, 3.63) is 11.9 Å². The van der Waals surface area contributed by atoms with E-state index >= 15 is 0 Å². The minimum atomic E-state index is -0.170. The summed E-state index contributed by atoms with van der Waals surface area (Å²) in [5.74, 6) is -0.170. The predicted octanol–water partition coefficient (Wildman–Crippen LogP) is 1.03. The molecule has 0 radical (unpaired) electrons. The van der Waals surface area contributed by atoms with Crippen LogP contribution in [0.4, 0.5) is 0 Å². The molecule has 0 aliphatic heterocycles. The van der Waals surface area contributed by atoms with Crippen molar-refractivity contribution in [2.75, 3.05) is 0 Å². The molecule has 1 amide bonds. The van der Waals surface area contributed by atoms with Crippen LogP contribution in [0.5, 0.6) is 0 Å². The van der Waals surface area contributed by atoms with Crippen molar-refractivity contribution in [2.24, 2.45) is 16.6 Å². The van der Waals surface area contributed by atoms with Crippen molar-refractivity contribution < 1.29 is 4.79 Å². The molecule has 1 aromatic rings. The molecule has 6 heteroatoms. The zero-order chi connectivity index (χ0) is 12.8.